The molecule has 10 heteroatoms. The van der Waals surface area contributed by atoms with Crippen molar-refractivity contribution in [2.24, 2.45) is 0 Å². The van der Waals surface area contributed by atoms with Gasteiger partial charge in [-0.15, -0.1) is 0 Å². The molecule has 3 N–H and O–H groups in total. The Morgan fingerprint density at radius 1 is 1.12 bits per heavy atom. The van der Waals surface area contributed by atoms with Gasteiger partial charge < -0.3 is 10.4 Å². The van der Waals surface area contributed by atoms with Gasteiger partial charge in [-0.2, -0.15) is 0 Å². The van der Waals surface area contributed by atoms with E-state index in [4.69, 9.17) is 0 Å². The summed E-state index contributed by atoms with van der Waals surface area (Å²) in [5.74, 6) is 0. The van der Waals surface area contributed by atoms with Gasteiger partial charge in [0.2, 0.25) is 10.0 Å². The zero-order valence-corrected chi connectivity index (χ0v) is 20.8. The minimum Gasteiger partial charge on any atom is -0.465 e. The van der Waals surface area contributed by atoms with Crippen molar-refractivity contribution in [1.29, 1.82) is 0 Å². The van der Waals surface area contributed by atoms with E-state index in [1.165, 1.54) is 4.90 Å². The zero-order valence-electron chi connectivity index (χ0n) is 16.8. The quantitative estimate of drug-likeness (QED) is 0.396. The summed E-state index contributed by atoms with van der Waals surface area (Å²) in [4.78, 5) is 13.5. The van der Waals surface area contributed by atoms with Crippen LogP contribution in [-0.2, 0) is 10.0 Å². The molecule has 2 atom stereocenters. The molecule has 1 aliphatic rings. The lowest BCUT2D eigenvalue weighted by atomic mass is 10.1. The van der Waals surface area contributed by atoms with Crippen molar-refractivity contribution in [1.82, 2.24) is 10.0 Å². The van der Waals surface area contributed by atoms with E-state index in [1.807, 2.05) is 36.4 Å². The van der Waals surface area contributed by atoms with E-state index in [-0.39, 0.29) is 23.5 Å². The number of amides is 1. The summed E-state index contributed by atoms with van der Waals surface area (Å²) >= 11 is 6.60. The molecule has 1 saturated heterocycles. The molecule has 3 aromatic rings. The number of rotatable bonds is 6. The Morgan fingerprint density at radius 2 is 1.88 bits per heavy atom. The van der Waals surface area contributed by atoms with Gasteiger partial charge in [0, 0.05) is 39.5 Å². The lowest BCUT2D eigenvalue weighted by Crippen LogP contribution is -2.40. The number of benzene rings is 3. The third kappa shape index (κ3) is 4.99. The topological polar surface area (TPSA) is 98.7 Å². The second kappa shape index (κ2) is 9.48. The van der Waals surface area contributed by atoms with Crippen LogP contribution in [0.3, 0.4) is 0 Å². The Balaban J connectivity index is 1.49. The van der Waals surface area contributed by atoms with Crippen LogP contribution in [0.25, 0.3) is 10.8 Å². The molecule has 0 bridgehead atoms. The Labute approximate surface area is 203 Å². The van der Waals surface area contributed by atoms with Crippen LogP contribution in [0, 0.1) is 0 Å². The molecule has 168 valence electrons. The van der Waals surface area contributed by atoms with E-state index in [0.717, 1.165) is 10.8 Å². The standard InChI is InChI=1S/C22H21Br2N3O4S/c23-15-8-9-19(24)21(10-15)32(30,31)26-16-11-17(25-12-16)13-27(22(28)29)20-7-3-5-14-4-1-2-6-18(14)20/h1-10,16-17,25-26H,11-13H2,(H,28,29)/t16-,17-/m1/s1. The number of hydrogen-bond acceptors (Lipinski definition) is 4. The Bertz CT molecular complexity index is 1260. The third-order valence-electron chi connectivity index (χ3n) is 5.42. The van der Waals surface area contributed by atoms with Gasteiger partial charge in [-0.3, -0.25) is 4.90 Å². The smallest absolute Gasteiger partial charge is 0.411 e. The highest BCUT2D eigenvalue weighted by atomic mass is 79.9. The molecule has 1 amide bonds. The molecule has 0 aliphatic carbocycles. The molecule has 0 spiro atoms. The average molecular weight is 583 g/mol. The van der Waals surface area contributed by atoms with Crippen LogP contribution in [0.5, 0.6) is 0 Å². The highest BCUT2D eigenvalue weighted by molar-refractivity contribution is 9.11. The Kier molecular flexibility index (Phi) is 6.87. The predicted octanol–water partition coefficient (Wildman–Crippen LogP) is 4.56. The number of sulfonamides is 1. The Hall–Kier alpha value is -1.98. The molecule has 3 aromatic carbocycles. The summed E-state index contributed by atoms with van der Waals surface area (Å²) in [6, 6.07) is 17.6. The summed E-state index contributed by atoms with van der Waals surface area (Å²) < 4.78 is 29.6. The normalized spacial score (nSPS) is 18.7. The number of nitrogens with one attached hydrogen (secondary N) is 2. The van der Waals surface area contributed by atoms with E-state index in [9.17, 15) is 18.3 Å². The van der Waals surface area contributed by atoms with Gasteiger partial charge in [0.15, 0.2) is 0 Å². The van der Waals surface area contributed by atoms with Crippen molar-refractivity contribution in [2.75, 3.05) is 18.0 Å². The van der Waals surface area contributed by atoms with Crippen LogP contribution in [-0.4, -0.2) is 44.8 Å². The van der Waals surface area contributed by atoms with Crippen LogP contribution in [0.15, 0.2) is 74.5 Å². The summed E-state index contributed by atoms with van der Waals surface area (Å²) in [6.45, 7) is 0.626. The maximum absolute atomic E-state index is 12.9. The highest BCUT2D eigenvalue weighted by Gasteiger charge is 2.32. The second-order valence-electron chi connectivity index (χ2n) is 7.63. The van der Waals surface area contributed by atoms with Crippen molar-refractivity contribution in [3.05, 3.63) is 69.6 Å². The molecule has 1 aliphatic heterocycles. The fourth-order valence-electron chi connectivity index (χ4n) is 3.96. The van der Waals surface area contributed by atoms with Gasteiger partial charge in [-0.1, -0.05) is 52.3 Å². The van der Waals surface area contributed by atoms with E-state index in [0.29, 0.717) is 27.6 Å². The van der Waals surface area contributed by atoms with E-state index >= 15 is 0 Å². The number of carboxylic acid groups (broad SMARTS) is 1. The molecule has 0 saturated carbocycles. The van der Waals surface area contributed by atoms with E-state index < -0.39 is 16.1 Å². The summed E-state index contributed by atoms with van der Waals surface area (Å²) in [6.07, 6.45) is -0.579. The fraction of sp³-hybridized carbons (Fsp3) is 0.227. The van der Waals surface area contributed by atoms with Gasteiger partial charge in [0.25, 0.3) is 0 Å². The number of fused-ring (bicyclic) bond motifs is 1. The molecule has 0 unspecified atom stereocenters. The van der Waals surface area contributed by atoms with E-state index in [1.54, 1.807) is 24.3 Å². The van der Waals surface area contributed by atoms with Gasteiger partial charge in [0.1, 0.15) is 0 Å². The molecule has 7 nitrogen and oxygen atoms in total. The van der Waals surface area contributed by atoms with Crippen LogP contribution < -0.4 is 14.9 Å². The van der Waals surface area contributed by atoms with E-state index in [2.05, 4.69) is 41.9 Å². The first-order valence-corrected chi connectivity index (χ1v) is 13.0. The molecule has 4 rings (SSSR count). The largest absolute Gasteiger partial charge is 0.465 e. The minimum absolute atomic E-state index is 0.151. The first-order chi connectivity index (χ1) is 15.2. The van der Waals surface area contributed by atoms with Crippen molar-refractivity contribution < 1.29 is 18.3 Å². The fourth-order valence-corrected chi connectivity index (χ4v) is 6.71. The van der Waals surface area contributed by atoms with Crippen LogP contribution in [0.1, 0.15) is 6.42 Å². The molecule has 1 heterocycles. The molecule has 0 aromatic heterocycles. The first kappa shape index (κ1) is 23.2. The lowest BCUT2D eigenvalue weighted by molar-refractivity contribution is 0.201. The average Bonchev–Trinajstić information content (AvgIpc) is 3.19. The van der Waals surface area contributed by atoms with Crippen LogP contribution >= 0.6 is 31.9 Å². The van der Waals surface area contributed by atoms with Crippen molar-refractivity contribution in [2.45, 2.75) is 23.4 Å². The van der Waals surface area contributed by atoms with Crippen molar-refractivity contribution in [3.63, 3.8) is 0 Å². The maximum Gasteiger partial charge on any atom is 0.411 e. The van der Waals surface area contributed by atoms with Crippen LogP contribution in [0.4, 0.5) is 10.5 Å². The first-order valence-electron chi connectivity index (χ1n) is 9.93. The maximum atomic E-state index is 12.9. The highest BCUT2D eigenvalue weighted by Crippen LogP contribution is 2.29. The van der Waals surface area contributed by atoms with Gasteiger partial charge in [-0.05, 0) is 52.0 Å². The number of carbonyl (C=O) groups is 1. The third-order valence-corrected chi connectivity index (χ3v) is 8.43. The number of anilines is 1. The monoisotopic (exact) mass is 581 g/mol. The molecular weight excluding hydrogens is 562 g/mol. The summed E-state index contributed by atoms with van der Waals surface area (Å²) in [5, 5.41) is 15.0. The van der Waals surface area contributed by atoms with Crippen molar-refractivity contribution >= 4 is 64.4 Å². The molecule has 32 heavy (non-hydrogen) atoms. The zero-order chi connectivity index (χ0) is 22.9. The number of hydrogen-bond donors (Lipinski definition) is 3. The minimum atomic E-state index is -3.74. The summed E-state index contributed by atoms with van der Waals surface area (Å²) in [5.41, 5.74) is 0.611. The SMILES string of the molecule is O=C(O)N(C[C@H]1C[C@@H](NS(=O)(=O)c2cc(Br)ccc2Br)CN1)c1cccc2ccccc12. The van der Waals surface area contributed by atoms with Gasteiger partial charge in [-0.25, -0.2) is 17.9 Å². The Morgan fingerprint density at radius 3 is 2.66 bits per heavy atom. The molecular formula is C22H21Br2N3O4S. The van der Waals surface area contributed by atoms with Crippen molar-refractivity contribution in [3.8, 4) is 0 Å². The summed E-state index contributed by atoms with van der Waals surface area (Å²) in [7, 11) is -3.74. The number of halogens is 2. The predicted molar refractivity (Wildman–Crippen MR) is 132 cm³/mol. The van der Waals surface area contributed by atoms with Gasteiger partial charge >= 0.3 is 6.09 Å². The molecule has 0 radical (unpaired) electrons. The molecule has 1 fully saturated rings. The number of nitrogens with zero attached hydrogens (tertiary/aromatic N) is 1. The van der Waals surface area contributed by atoms with Crippen LogP contribution in [0.2, 0.25) is 0 Å². The second-order valence-corrected chi connectivity index (χ2v) is 11.1. The van der Waals surface area contributed by atoms with Gasteiger partial charge in [0.05, 0.1) is 10.6 Å². The lowest BCUT2D eigenvalue weighted by Gasteiger charge is -2.24.